The molecule has 6 heteroatoms. The molecule has 1 heterocycles. The molecule has 0 saturated heterocycles. The van der Waals surface area contributed by atoms with E-state index in [4.69, 9.17) is 14.6 Å². The Hall–Kier alpha value is -2.24. The van der Waals surface area contributed by atoms with Crippen LogP contribution in [0.4, 0.5) is 5.69 Å². The molecule has 1 unspecified atom stereocenters. The van der Waals surface area contributed by atoms with Crippen molar-refractivity contribution in [3.63, 3.8) is 0 Å². The van der Waals surface area contributed by atoms with Gasteiger partial charge in [0.1, 0.15) is 5.92 Å². The van der Waals surface area contributed by atoms with Crippen LogP contribution in [0.2, 0.25) is 0 Å². The number of carbonyl (C=O) groups excluding carboxylic acids is 1. The second kappa shape index (κ2) is 5.17. The van der Waals surface area contributed by atoms with Gasteiger partial charge in [0.25, 0.3) is 0 Å². The van der Waals surface area contributed by atoms with Gasteiger partial charge < -0.3 is 19.9 Å². The molecule has 0 aliphatic carbocycles. The number of amides is 1. The summed E-state index contributed by atoms with van der Waals surface area (Å²) in [4.78, 5) is 23.0. The van der Waals surface area contributed by atoms with E-state index in [1.807, 2.05) is 0 Å². The number of benzene rings is 1. The molecule has 1 atom stereocenters. The van der Waals surface area contributed by atoms with Crippen molar-refractivity contribution in [2.75, 3.05) is 12.1 Å². The molecule has 0 aromatic heterocycles. The van der Waals surface area contributed by atoms with Crippen LogP contribution in [-0.4, -0.2) is 23.8 Å². The molecular weight excluding hydrogens is 250 g/mol. The Morgan fingerprint density at radius 1 is 1.26 bits per heavy atom. The van der Waals surface area contributed by atoms with E-state index in [1.165, 1.54) is 0 Å². The Balaban J connectivity index is 2.12. The van der Waals surface area contributed by atoms with Crippen LogP contribution in [-0.2, 0) is 9.59 Å². The van der Waals surface area contributed by atoms with Crippen molar-refractivity contribution >= 4 is 17.6 Å². The number of hydrogen-bond acceptors (Lipinski definition) is 4. The van der Waals surface area contributed by atoms with Crippen LogP contribution >= 0.6 is 0 Å². The van der Waals surface area contributed by atoms with Crippen LogP contribution in [0.5, 0.6) is 11.5 Å². The lowest BCUT2D eigenvalue weighted by Crippen LogP contribution is -2.33. The predicted octanol–water partition coefficient (Wildman–Crippen LogP) is 1.71. The molecule has 1 aliphatic heterocycles. The Morgan fingerprint density at radius 3 is 2.58 bits per heavy atom. The summed E-state index contributed by atoms with van der Waals surface area (Å²) in [5.41, 5.74) is 0.487. The molecule has 0 radical (unpaired) electrons. The Morgan fingerprint density at radius 2 is 1.95 bits per heavy atom. The first-order valence-electron chi connectivity index (χ1n) is 5.92. The van der Waals surface area contributed by atoms with Gasteiger partial charge in [-0.25, -0.2) is 0 Å². The zero-order valence-electron chi connectivity index (χ0n) is 10.7. The normalized spacial score (nSPS) is 14.3. The summed E-state index contributed by atoms with van der Waals surface area (Å²) < 4.78 is 10.3. The van der Waals surface area contributed by atoms with Gasteiger partial charge in [-0.05, 0) is 18.1 Å². The van der Waals surface area contributed by atoms with E-state index >= 15 is 0 Å². The van der Waals surface area contributed by atoms with Crippen molar-refractivity contribution in [2.45, 2.75) is 13.8 Å². The van der Waals surface area contributed by atoms with Crippen LogP contribution < -0.4 is 14.8 Å². The van der Waals surface area contributed by atoms with Crippen LogP contribution in [0.1, 0.15) is 13.8 Å². The number of aliphatic carboxylic acids is 1. The number of anilines is 1. The molecule has 1 amide bonds. The summed E-state index contributed by atoms with van der Waals surface area (Å²) in [6.45, 7) is 3.53. The first kappa shape index (κ1) is 13.2. The van der Waals surface area contributed by atoms with E-state index in [-0.39, 0.29) is 12.7 Å². The fourth-order valence-electron chi connectivity index (χ4n) is 1.89. The van der Waals surface area contributed by atoms with Gasteiger partial charge in [0.2, 0.25) is 12.7 Å². The van der Waals surface area contributed by atoms with Gasteiger partial charge in [0.15, 0.2) is 11.5 Å². The molecule has 2 rings (SSSR count). The van der Waals surface area contributed by atoms with Crippen molar-refractivity contribution in [2.24, 2.45) is 11.8 Å². The molecule has 0 fully saturated rings. The largest absolute Gasteiger partial charge is 0.481 e. The van der Waals surface area contributed by atoms with E-state index in [2.05, 4.69) is 5.32 Å². The predicted molar refractivity (Wildman–Crippen MR) is 67.2 cm³/mol. The standard InChI is InChI=1S/C13H15NO5/c1-7(2)11(13(16)17)12(15)14-8-3-4-9-10(5-8)19-6-18-9/h3-5,7,11H,6H2,1-2H3,(H,14,15)(H,16,17). The smallest absolute Gasteiger partial charge is 0.316 e. The minimum absolute atomic E-state index is 0.149. The number of carboxylic acids is 1. The summed E-state index contributed by atoms with van der Waals surface area (Å²) in [7, 11) is 0. The second-order valence-electron chi connectivity index (χ2n) is 4.62. The number of nitrogens with one attached hydrogen (secondary N) is 1. The highest BCUT2D eigenvalue weighted by molar-refractivity contribution is 6.04. The van der Waals surface area contributed by atoms with Crippen LogP contribution in [0.15, 0.2) is 18.2 Å². The number of carboxylic acid groups (broad SMARTS) is 1. The molecule has 102 valence electrons. The lowest BCUT2D eigenvalue weighted by atomic mass is 9.95. The average molecular weight is 265 g/mol. The summed E-state index contributed by atoms with van der Waals surface area (Å²) in [6.07, 6.45) is 0. The van der Waals surface area contributed by atoms with Crippen LogP contribution in [0.3, 0.4) is 0 Å². The Bertz CT molecular complexity index is 512. The topological polar surface area (TPSA) is 84.9 Å². The van der Waals surface area contributed by atoms with Gasteiger partial charge >= 0.3 is 5.97 Å². The number of carbonyl (C=O) groups is 2. The zero-order valence-corrected chi connectivity index (χ0v) is 10.7. The van der Waals surface area contributed by atoms with Gasteiger partial charge in [0, 0.05) is 11.8 Å². The molecule has 2 N–H and O–H groups in total. The van der Waals surface area contributed by atoms with Crippen LogP contribution in [0.25, 0.3) is 0 Å². The van der Waals surface area contributed by atoms with Crippen molar-refractivity contribution < 1.29 is 24.2 Å². The monoisotopic (exact) mass is 265 g/mol. The maximum atomic E-state index is 11.9. The summed E-state index contributed by atoms with van der Waals surface area (Å²) in [5.74, 6) is -1.89. The van der Waals surface area contributed by atoms with E-state index in [0.717, 1.165) is 0 Å². The molecule has 0 saturated carbocycles. The minimum Gasteiger partial charge on any atom is -0.481 e. The van der Waals surface area contributed by atoms with Crippen LogP contribution in [0, 0.1) is 11.8 Å². The Labute approximate surface area is 110 Å². The maximum absolute atomic E-state index is 11.9. The van der Waals surface area contributed by atoms with Gasteiger partial charge in [0.05, 0.1) is 0 Å². The number of rotatable bonds is 4. The third-order valence-electron chi connectivity index (χ3n) is 2.86. The third-order valence-corrected chi connectivity index (χ3v) is 2.86. The average Bonchev–Trinajstić information content (AvgIpc) is 2.74. The number of hydrogen-bond donors (Lipinski definition) is 2. The van der Waals surface area contributed by atoms with E-state index in [1.54, 1.807) is 32.0 Å². The lowest BCUT2D eigenvalue weighted by Gasteiger charge is -2.16. The zero-order chi connectivity index (χ0) is 14.0. The van der Waals surface area contributed by atoms with Crippen molar-refractivity contribution in [1.82, 2.24) is 0 Å². The van der Waals surface area contributed by atoms with Crippen molar-refractivity contribution in [1.29, 1.82) is 0 Å². The quantitative estimate of drug-likeness (QED) is 0.809. The second-order valence-corrected chi connectivity index (χ2v) is 4.62. The third kappa shape index (κ3) is 2.78. The number of fused-ring (bicyclic) bond motifs is 1. The first-order chi connectivity index (χ1) is 8.99. The fourth-order valence-corrected chi connectivity index (χ4v) is 1.89. The summed E-state index contributed by atoms with van der Waals surface area (Å²) in [5, 5.41) is 11.6. The van der Waals surface area contributed by atoms with Crippen molar-refractivity contribution in [3.05, 3.63) is 18.2 Å². The highest BCUT2D eigenvalue weighted by atomic mass is 16.7. The summed E-state index contributed by atoms with van der Waals surface area (Å²) in [6, 6.07) is 4.92. The highest BCUT2D eigenvalue weighted by Gasteiger charge is 2.29. The van der Waals surface area contributed by atoms with Crippen molar-refractivity contribution in [3.8, 4) is 11.5 Å². The lowest BCUT2D eigenvalue weighted by molar-refractivity contribution is -0.147. The molecule has 1 aliphatic rings. The van der Waals surface area contributed by atoms with Gasteiger partial charge in [-0.1, -0.05) is 13.8 Å². The van der Waals surface area contributed by atoms with E-state index in [9.17, 15) is 9.59 Å². The van der Waals surface area contributed by atoms with E-state index in [0.29, 0.717) is 17.2 Å². The molecule has 1 aromatic rings. The SMILES string of the molecule is CC(C)C(C(=O)O)C(=O)Nc1ccc2c(c1)OCO2. The molecular formula is C13H15NO5. The molecule has 0 spiro atoms. The minimum atomic E-state index is -1.13. The molecule has 19 heavy (non-hydrogen) atoms. The molecule has 6 nitrogen and oxygen atoms in total. The Kier molecular flexibility index (Phi) is 3.59. The van der Waals surface area contributed by atoms with Gasteiger partial charge in [-0.15, -0.1) is 0 Å². The fraction of sp³-hybridized carbons (Fsp3) is 0.385. The van der Waals surface area contributed by atoms with Gasteiger partial charge in [-0.3, -0.25) is 9.59 Å². The molecule has 0 bridgehead atoms. The molecule has 1 aromatic carbocycles. The number of ether oxygens (including phenoxy) is 2. The first-order valence-corrected chi connectivity index (χ1v) is 5.92. The van der Waals surface area contributed by atoms with Gasteiger partial charge in [-0.2, -0.15) is 0 Å². The highest BCUT2D eigenvalue weighted by Crippen LogP contribution is 2.34. The maximum Gasteiger partial charge on any atom is 0.316 e. The summed E-state index contributed by atoms with van der Waals surface area (Å²) >= 11 is 0. The van der Waals surface area contributed by atoms with E-state index < -0.39 is 17.8 Å².